The highest BCUT2D eigenvalue weighted by atomic mass is 16.2. The largest absolute Gasteiger partial charge is 0.343 e. The minimum absolute atomic E-state index is 0.0143. The fraction of sp³-hybridized carbons (Fsp3) is 0.483. The van der Waals surface area contributed by atoms with Crippen molar-refractivity contribution < 1.29 is 9.59 Å². The molecule has 202 valence electrons. The van der Waals surface area contributed by atoms with Crippen LogP contribution in [0.15, 0.2) is 54.6 Å². The van der Waals surface area contributed by atoms with Gasteiger partial charge in [0.05, 0.1) is 5.54 Å². The molecular formula is C29H39N7O2. The van der Waals surface area contributed by atoms with E-state index in [9.17, 15) is 9.59 Å². The molecule has 2 heterocycles. The van der Waals surface area contributed by atoms with E-state index in [1.807, 2.05) is 23.1 Å². The Bertz CT molecular complexity index is 1170. The number of piperidine rings is 1. The van der Waals surface area contributed by atoms with Crippen molar-refractivity contribution in [2.24, 2.45) is 5.73 Å². The predicted octanol–water partition coefficient (Wildman–Crippen LogP) is 2.94. The van der Waals surface area contributed by atoms with Gasteiger partial charge in [0.1, 0.15) is 6.04 Å². The number of benzene rings is 2. The number of nitrogens with two attached hydrogens (primary N) is 1. The van der Waals surface area contributed by atoms with Crippen LogP contribution in [0.1, 0.15) is 68.0 Å². The summed E-state index contributed by atoms with van der Waals surface area (Å²) < 4.78 is 0. The SMILES string of the molecule is CC(C)(N)C(=O)N[C@H](CCCc1ccccc1)C(=O)N1CCC(c2ccccc2CCc2nn[nH]n2)CC1. The minimum atomic E-state index is -1.05. The lowest BCUT2D eigenvalue weighted by atomic mass is 9.85. The number of aryl methyl sites for hydroxylation is 3. The van der Waals surface area contributed by atoms with Gasteiger partial charge in [0, 0.05) is 19.5 Å². The lowest BCUT2D eigenvalue weighted by molar-refractivity contribution is -0.138. The van der Waals surface area contributed by atoms with Gasteiger partial charge in [-0.3, -0.25) is 9.59 Å². The maximum Gasteiger partial charge on any atom is 0.245 e. The van der Waals surface area contributed by atoms with Gasteiger partial charge in [-0.15, -0.1) is 10.2 Å². The number of aromatic nitrogens is 4. The van der Waals surface area contributed by atoms with Crippen LogP contribution in [0.4, 0.5) is 0 Å². The van der Waals surface area contributed by atoms with Crippen LogP contribution in [0, 0.1) is 0 Å². The fourth-order valence-electron chi connectivity index (χ4n) is 5.08. The fourth-order valence-corrected chi connectivity index (χ4v) is 5.08. The number of nitrogens with zero attached hydrogens (tertiary/aromatic N) is 4. The molecule has 1 fully saturated rings. The summed E-state index contributed by atoms with van der Waals surface area (Å²) in [7, 11) is 0. The topological polar surface area (TPSA) is 130 Å². The van der Waals surface area contributed by atoms with Crippen LogP contribution in [0.3, 0.4) is 0 Å². The van der Waals surface area contributed by atoms with Gasteiger partial charge in [-0.1, -0.05) is 59.8 Å². The molecule has 1 aliphatic rings. The van der Waals surface area contributed by atoms with Gasteiger partial charge in [-0.25, -0.2) is 0 Å². The van der Waals surface area contributed by atoms with Crippen LogP contribution in [-0.4, -0.2) is 62.0 Å². The van der Waals surface area contributed by atoms with E-state index in [0.29, 0.717) is 31.3 Å². The zero-order chi connectivity index (χ0) is 27.0. The molecular weight excluding hydrogens is 478 g/mol. The van der Waals surface area contributed by atoms with E-state index in [1.165, 1.54) is 16.7 Å². The summed E-state index contributed by atoms with van der Waals surface area (Å²) in [5.41, 5.74) is 8.83. The van der Waals surface area contributed by atoms with Crippen molar-refractivity contribution in [1.29, 1.82) is 0 Å². The van der Waals surface area contributed by atoms with Crippen LogP contribution in [0.25, 0.3) is 0 Å². The van der Waals surface area contributed by atoms with Gasteiger partial charge in [-0.05, 0) is 75.0 Å². The molecule has 9 heteroatoms. The van der Waals surface area contributed by atoms with Crippen LogP contribution in [-0.2, 0) is 28.9 Å². The first-order chi connectivity index (χ1) is 18.3. The summed E-state index contributed by atoms with van der Waals surface area (Å²) in [4.78, 5) is 28.2. The molecule has 1 aliphatic heterocycles. The molecule has 3 aromatic rings. The maximum absolute atomic E-state index is 13.6. The third-order valence-electron chi connectivity index (χ3n) is 7.30. The van der Waals surface area contributed by atoms with E-state index in [2.05, 4.69) is 62.3 Å². The van der Waals surface area contributed by atoms with Crippen molar-refractivity contribution in [3.05, 3.63) is 77.1 Å². The lowest BCUT2D eigenvalue weighted by Crippen LogP contribution is -2.57. The van der Waals surface area contributed by atoms with Gasteiger partial charge >= 0.3 is 0 Å². The van der Waals surface area contributed by atoms with E-state index in [4.69, 9.17) is 5.73 Å². The molecule has 9 nitrogen and oxygen atoms in total. The number of aromatic amines is 1. The first kappa shape index (κ1) is 27.4. The molecule has 0 saturated carbocycles. The summed E-state index contributed by atoms with van der Waals surface area (Å²) in [6, 6.07) is 18.1. The Balaban J connectivity index is 1.36. The second-order valence-electron chi connectivity index (χ2n) is 10.8. The summed E-state index contributed by atoms with van der Waals surface area (Å²) in [5.74, 6) is 0.774. The first-order valence-corrected chi connectivity index (χ1v) is 13.5. The Kier molecular flexibility index (Phi) is 9.23. The Morgan fingerprint density at radius 3 is 2.45 bits per heavy atom. The van der Waals surface area contributed by atoms with Crippen molar-refractivity contribution >= 4 is 11.8 Å². The van der Waals surface area contributed by atoms with Crippen LogP contribution in [0.5, 0.6) is 0 Å². The van der Waals surface area contributed by atoms with Gasteiger partial charge in [0.2, 0.25) is 11.8 Å². The molecule has 0 unspecified atom stereocenters. The van der Waals surface area contributed by atoms with Crippen molar-refractivity contribution in [3.63, 3.8) is 0 Å². The number of amides is 2. The molecule has 0 bridgehead atoms. The molecule has 0 radical (unpaired) electrons. The van der Waals surface area contributed by atoms with Crippen molar-refractivity contribution in [1.82, 2.24) is 30.8 Å². The number of hydrogen-bond donors (Lipinski definition) is 3. The van der Waals surface area contributed by atoms with E-state index in [0.717, 1.165) is 38.5 Å². The monoisotopic (exact) mass is 517 g/mol. The van der Waals surface area contributed by atoms with E-state index in [1.54, 1.807) is 13.8 Å². The van der Waals surface area contributed by atoms with E-state index < -0.39 is 11.6 Å². The van der Waals surface area contributed by atoms with Gasteiger partial charge < -0.3 is 16.0 Å². The standard InChI is InChI=1S/C29H39N7O2/c1-29(2,30)28(38)31-25(14-8-11-21-9-4-3-5-10-21)27(37)36-19-17-23(18-20-36)24-13-7-6-12-22(24)15-16-26-32-34-35-33-26/h3-7,9-10,12-13,23,25H,8,11,14-20,30H2,1-2H3,(H,31,38)(H,32,33,34,35)/t25-/m1/s1. The second kappa shape index (κ2) is 12.8. The first-order valence-electron chi connectivity index (χ1n) is 13.5. The molecule has 2 aromatic carbocycles. The second-order valence-corrected chi connectivity index (χ2v) is 10.8. The highest BCUT2D eigenvalue weighted by Crippen LogP contribution is 2.31. The van der Waals surface area contributed by atoms with E-state index in [-0.39, 0.29) is 11.8 Å². The zero-order valence-corrected chi connectivity index (χ0v) is 22.4. The van der Waals surface area contributed by atoms with Crippen LogP contribution < -0.4 is 11.1 Å². The molecule has 2 amide bonds. The molecule has 1 aromatic heterocycles. The van der Waals surface area contributed by atoms with Crippen LogP contribution in [0.2, 0.25) is 0 Å². The number of tetrazole rings is 1. The average Bonchev–Trinajstić information content (AvgIpc) is 3.45. The smallest absolute Gasteiger partial charge is 0.245 e. The van der Waals surface area contributed by atoms with Crippen molar-refractivity contribution in [2.45, 2.75) is 76.3 Å². The number of hydrogen-bond acceptors (Lipinski definition) is 6. The number of carbonyl (C=O) groups excluding carboxylic acids is 2. The number of nitrogens with one attached hydrogen (secondary N) is 2. The Hall–Kier alpha value is -3.59. The van der Waals surface area contributed by atoms with Crippen molar-refractivity contribution in [3.8, 4) is 0 Å². The highest BCUT2D eigenvalue weighted by Gasteiger charge is 2.32. The number of rotatable bonds is 11. The third-order valence-corrected chi connectivity index (χ3v) is 7.30. The van der Waals surface area contributed by atoms with Crippen LogP contribution >= 0.6 is 0 Å². The molecule has 0 aliphatic carbocycles. The molecule has 4 N–H and O–H groups in total. The van der Waals surface area contributed by atoms with Gasteiger partial charge in [0.15, 0.2) is 5.82 Å². The highest BCUT2D eigenvalue weighted by molar-refractivity contribution is 5.91. The zero-order valence-electron chi connectivity index (χ0n) is 22.4. The molecule has 0 spiro atoms. The van der Waals surface area contributed by atoms with Gasteiger partial charge in [0.25, 0.3) is 0 Å². The normalized spacial score (nSPS) is 15.3. The summed E-state index contributed by atoms with van der Waals surface area (Å²) >= 11 is 0. The summed E-state index contributed by atoms with van der Waals surface area (Å²) in [6.45, 7) is 4.66. The molecule has 38 heavy (non-hydrogen) atoms. The summed E-state index contributed by atoms with van der Waals surface area (Å²) in [5, 5.41) is 17.2. The number of likely N-dealkylation sites (tertiary alicyclic amines) is 1. The lowest BCUT2D eigenvalue weighted by Gasteiger charge is -2.36. The third kappa shape index (κ3) is 7.47. The van der Waals surface area contributed by atoms with Gasteiger partial charge in [-0.2, -0.15) is 5.21 Å². The minimum Gasteiger partial charge on any atom is -0.343 e. The Morgan fingerprint density at radius 2 is 1.76 bits per heavy atom. The Labute approximate surface area is 224 Å². The Morgan fingerprint density at radius 1 is 1.05 bits per heavy atom. The number of carbonyl (C=O) groups is 2. The average molecular weight is 518 g/mol. The quantitative estimate of drug-likeness (QED) is 0.359. The maximum atomic E-state index is 13.6. The predicted molar refractivity (Wildman–Crippen MR) is 146 cm³/mol. The number of H-pyrrole nitrogens is 1. The van der Waals surface area contributed by atoms with Crippen molar-refractivity contribution in [2.75, 3.05) is 13.1 Å². The molecule has 1 saturated heterocycles. The molecule has 1 atom stereocenters. The van der Waals surface area contributed by atoms with E-state index >= 15 is 0 Å². The molecule has 4 rings (SSSR count). The summed E-state index contributed by atoms with van der Waals surface area (Å²) in [6.07, 6.45) is 5.58.